The fraction of sp³-hybridized carbons (Fsp3) is 0.591. The van der Waals surface area contributed by atoms with E-state index in [0.717, 1.165) is 31.6 Å². The number of carbonyl (C=O) groups excluding carboxylic acids is 3. The second-order valence-corrected chi connectivity index (χ2v) is 8.23. The Morgan fingerprint density at radius 3 is 2.40 bits per heavy atom. The van der Waals surface area contributed by atoms with Crippen LogP contribution < -0.4 is 5.32 Å². The molecule has 4 rings (SSSR count). The number of halogens is 1. The second-order valence-electron chi connectivity index (χ2n) is 8.23. The largest absolute Gasteiger partial charge is 0.367 e. The minimum Gasteiger partial charge on any atom is -0.367 e. The van der Waals surface area contributed by atoms with E-state index in [1.807, 2.05) is 35.2 Å². The monoisotopic (exact) mass is 435 g/mol. The number of fused-ring (bicyclic) bond motifs is 1. The normalized spacial score (nSPS) is 25.1. The first-order chi connectivity index (χ1) is 14.1. The molecule has 0 spiro atoms. The summed E-state index contributed by atoms with van der Waals surface area (Å²) in [5.41, 5.74) is 1.07. The van der Waals surface area contributed by atoms with Crippen molar-refractivity contribution in [3.8, 4) is 0 Å². The summed E-state index contributed by atoms with van der Waals surface area (Å²) in [6, 6.07) is 10.3. The highest BCUT2D eigenvalue weighted by atomic mass is 35.5. The summed E-state index contributed by atoms with van der Waals surface area (Å²) in [5.74, 6) is 1.04. The highest BCUT2D eigenvalue weighted by Crippen LogP contribution is 2.45. The average molecular weight is 436 g/mol. The van der Waals surface area contributed by atoms with Crippen molar-refractivity contribution in [2.45, 2.75) is 38.3 Å². The first-order valence-electron chi connectivity index (χ1n) is 10.6. The Bertz CT molecular complexity index is 732. The summed E-state index contributed by atoms with van der Waals surface area (Å²) >= 11 is 0. The predicted molar refractivity (Wildman–Crippen MR) is 114 cm³/mol. The molecule has 164 valence electrons. The van der Waals surface area contributed by atoms with Gasteiger partial charge in [-0.3, -0.25) is 19.3 Å². The SMILES string of the molecule is Cl.O=C(COCc1ccccc1)N1CC2C(C1)C2NCCCN1C(=O)CCCC1=O. The van der Waals surface area contributed by atoms with E-state index >= 15 is 0 Å². The van der Waals surface area contributed by atoms with E-state index in [0.29, 0.717) is 50.3 Å². The molecule has 8 heteroatoms. The Morgan fingerprint density at radius 2 is 1.73 bits per heavy atom. The van der Waals surface area contributed by atoms with Gasteiger partial charge in [0.2, 0.25) is 17.7 Å². The van der Waals surface area contributed by atoms with Crippen LogP contribution in [0.3, 0.4) is 0 Å². The third-order valence-electron chi connectivity index (χ3n) is 6.21. The molecule has 1 aliphatic carbocycles. The molecule has 0 bridgehead atoms. The first kappa shape index (κ1) is 22.7. The number of nitrogens with one attached hydrogen (secondary N) is 1. The zero-order chi connectivity index (χ0) is 20.2. The van der Waals surface area contributed by atoms with Gasteiger partial charge in [0.25, 0.3) is 0 Å². The van der Waals surface area contributed by atoms with Gasteiger partial charge in [0, 0.05) is 38.5 Å². The number of carbonyl (C=O) groups is 3. The number of ether oxygens (including phenoxy) is 1. The van der Waals surface area contributed by atoms with Crippen molar-refractivity contribution < 1.29 is 19.1 Å². The van der Waals surface area contributed by atoms with Crippen molar-refractivity contribution in [3.63, 3.8) is 0 Å². The maximum atomic E-state index is 12.3. The quantitative estimate of drug-likeness (QED) is 0.471. The molecule has 2 aliphatic heterocycles. The molecule has 1 saturated carbocycles. The van der Waals surface area contributed by atoms with Gasteiger partial charge in [-0.25, -0.2) is 0 Å². The van der Waals surface area contributed by atoms with Crippen molar-refractivity contribution in [3.05, 3.63) is 35.9 Å². The van der Waals surface area contributed by atoms with Gasteiger partial charge in [-0.05, 0) is 36.8 Å². The summed E-state index contributed by atoms with van der Waals surface area (Å²) in [6.45, 7) is 3.47. The Labute approximate surface area is 183 Å². The lowest BCUT2D eigenvalue weighted by atomic mass is 10.1. The van der Waals surface area contributed by atoms with Crippen LogP contribution in [0.4, 0.5) is 0 Å². The number of hydrogen-bond acceptors (Lipinski definition) is 5. The van der Waals surface area contributed by atoms with Crippen LogP contribution in [0, 0.1) is 11.8 Å². The van der Waals surface area contributed by atoms with E-state index in [-0.39, 0.29) is 36.7 Å². The minimum atomic E-state index is -0.0341. The molecule has 0 radical (unpaired) electrons. The summed E-state index contributed by atoms with van der Waals surface area (Å²) < 4.78 is 5.56. The molecule has 0 aromatic heterocycles. The van der Waals surface area contributed by atoms with E-state index in [1.54, 1.807) is 0 Å². The van der Waals surface area contributed by atoms with Crippen LogP contribution in [0.1, 0.15) is 31.2 Å². The van der Waals surface area contributed by atoms with Crippen molar-refractivity contribution in [1.29, 1.82) is 0 Å². The van der Waals surface area contributed by atoms with E-state index < -0.39 is 0 Å². The molecule has 2 atom stereocenters. The molecule has 3 aliphatic rings. The number of hydrogen-bond donors (Lipinski definition) is 1. The second kappa shape index (κ2) is 10.4. The van der Waals surface area contributed by atoms with E-state index in [2.05, 4.69) is 5.32 Å². The molecule has 1 aromatic carbocycles. The third kappa shape index (κ3) is 5.39. The molecule has 7 nitrogen and oxygen atoms in total. The topological polar surface area (TPSA) is 79.0 Å². The van der Waals surface area contributed by atoms with Crippen molar-refractivity contribution in [1.82, 2.24) is 15.1 Å². The molecule has 30 heavy (non-hydrogen) atoms. The van der Waals surface area contributed by atoms with Gasteiger partial charge in [-0.1, -0.05) is 30.3 Å². The number of likely N-dealkylation sites (tertiary alicyclic amines) is 2. The summed E-state index contributed by atoms with van der Waals surface area (Å²) in [4.78, 5) is 39.2. The number of rotatable bonds is 9. The average Bonchev–Trinajstić information content (AvgIpc) is 3.16. The fourth-order valence-electron chi connectivity index (χ4n) is 4.51. The third-order valence-corrected chi connectivity index (χ3v) is 6.21. The van der Waals surface area contributed by atoms with Crippen LogP contribution in [0.15, 0.2) is 30.3 Å². The molecule has 3 fully saturated rings. The van der Waals surface area contributed by atoms with E-state index in [1.165, 1.54) is 4.90 Å². The smallest absolute Gasteiger partial charge is 0.248 e. The Morgan fingerprint density at radius 1 is 1.07 bits per heavy atom. The molecule has 3 amide bonds. The van der Waals surface area contributed by atoms with Crippen molar-refractivity contribution in [2.24, 2.45) is 11.8 Å². The minimum absolute atomic E-state index is 0. The number of benzene rings is 1. The highest BCUT2D eigenvalue weighted by Gasteiger charge is 2.56. The first-order valence-corrected chi connectivity index (χ1v) is 10.6. The lowest BCUT2D eigenvalue weighted by molar-refractivity contribution is -0.148. The summed E-state index contributed by atoms with van der Waals surface area (Å²) in [7, 11) is 0. The number of imide groups is 1. The van der Waals surface area contributed by atoms with Gasteiger partial charge in [0.05, 0.1) is 6.61 Å². The van der Waals surface area contributed by atoms with Crippen LogP contribution >= 0.6 is 12.4 Å². The molecular weight excluding hydrogens is 406 g/mol. The molecule has 2 saturated heterocycles. The van der Waals surface area contributed by atoms with Gasteiger partial charge < -0.3 is 15.0 Å². The van der Waals surface area contributed by atoms with Crippen LogP contribution in [0.5, 0.6) is 0 Å². The molecule has 1 N–H and O–H groups in total. The van der Waals surface area contributed by atoms with E-state index in [4.69, 9.17) is 4.74 Å². The Hall–Kier alpha value is -1.96. The van der Waals surface area contributed by atoms with E-state index in [9.17, 15) is 14.4 Å². The zero-order valence-electron chi connectivity index (χ0n) is 17.1. The van der Waals surface area contributed by atoms with Gasteiger partial charge in [-0.2, -0.15) is 0 Å². The Kier molecular flexibility index (Phi) is 7.86. The molecule has 2 unspecified atom stereocenters. The van der Waals surface area contributed by atoms with Gasteiger partial charge >= 0.3 is 0 Å². The van der Waals surface area contributed by atoms with Crippen LogP contribution in [0.2, 0.25) is 0 Å². The maximum Gasteiger partial charge on any atom is 0.248 e. The Balaban J connectivity index is 0.00000256. The van der Waals surface area contributed by atoms with Crippen LogP contribution in [-0.2, 0) is 25.7 Å². The zero-order valence-corrected chi connectivity index (χ0v) is 17.9. The summed E-state index contributed by atoms with van der Waals surface area (Å²) in [5, 5.41) is 3.53. The van der Waals surface area contributed by atoms with Crippen LogP contribution in [-0.4, -0.2) is 66.3 Å². The highest BCUT2D eigenvalue weighted by molar-refractivity contribution is 5.97. The molecular formula is C22H30ClN3O4. The maximum absolute atomic E-state index is 12.3. The van der Waals surface area contributed by atoms with Crippen molar-refractivity contribution >= 4 is 30.1 Å². The van der Waals surface area contributed by atoms with Crippen LogP contribution in [0.25, 0.3) is 0 Å². The number of amides is 3. The standard InChI is InChI=1S/C22H29N3O4.ClH/c26-19-8-4-9-20(27)25(19)11-5-10-23-22-17-12-24(13-18(17)22)21(28)15-29-14-16-6-2-1-3-7-16;/h1-3,6-7,17-18,22-23H,4-5,8-15H2;1H. The number of piperidine rings is 2. The van der Waals surface area contributed by atoms with Gasteiger partial charge in [0.15, 0.2) is 0 Å². The molecule has 2 heterocycles. The predicted octanol–water partition coefficient (Wildman–Crippen LogP) is 1.60. The molecule has 1 aromatic rings. The lowest BCUT2D eigenvalue weighted by Gasteiger charge is -2.25. The lowest BCUT2D eigenvalue weighted by Crippen LogP contribution is -2.42. The fourth-order valence-corrected chi connectivity index (χ4v) is 4.51. The van der Waals surface area contributed by atoms with Crippen molar-refractivity contribution in [2.75, 3.05) is 32.8 Å². The number of nitrogens with zero attached hydrogens (tertiary/aromatic N) is 2. The van der Waals surface area contributed by atoms with Gasteiger partial charge in [0.1, 0.15) is 6.61 Å². The van der Waals surface area contributed by atoms with Gasteiger partial charge in [-0.15, -0.1) is 12.4 Å². The summed E-state index contributed by atoms with van der Waals surface area (Å²) in [6.07, 6.45) is 2.45.